The summed E-state index contributed by atoms with van der Waals surface area (Å²) in [4.78, 5) is 25.6. The molecule has 8 nitrogen and oxygen atoms in total. The molecule has 3 aromatic heterocycles. The number of nitrogens with zero attached hydrogens (tertiary/aromatic N) is 5. The number of halogens is 3. The van der Waals surface area contributed by atoms with Crippen molar-refractivity contribution in [3.63, 3.8) is 0 Å². The van der Waals surface area contributed by atoms with Crippen molar-refractivity contribution in [3.05, 3.63) is 46.9 Å². The zero-order valence-corrected chi connectivity index (χ0v) is 17.9. The average Bonchev–Trinajstić information content (AvgIpc) is 3.18. The summed E-state index contributed by atoms with van der Waals surface area (Å²) in [5.41, 5.74) is -0.0325. The first-order valence-electron chi connectivity index (χ1n) is 9.54. The van der Waals surface area contributed by atoms with Crippen LogP contribution in [0.3, 0.4) is 0 Å². The highest BCUT2D eigenvalue weighted by atomic mass is 32.1. The van der Waals surface area contributed by atoms with Crippen LogP contribution in [0.2, 0.25) is 0 Å². The van der Waals surface area contributed by atoms with Gasteiger partial charge in [0.2, 0.25) is 5.91 Å². The van der Waals surface area contributed by atoms with Crippen LogP contribution in [0, 0.1) is 0 Å². The molecule has 0 saturated carbocycles. The van der Waals surface area contributed by atoms with E-state index in [4.69, 9.17) is 9.47 Å². The highest BCUT2D eigenvalue weighted by molar-refractivity contribution is 7.05. The predicted octanol–water partition coefficient (Wildman–Crippen LogP) is 3.37. The van der Waals surface area contributed by atoms with Crippen molar-refractivity contribution < 1.29 is 27.4 Å². The Hall–Kier alpha value is -3.12. The zero-order valence-electron chi connectivity index (χ0n) is 17.1. The first-order chi connectivity index (χ1) is 15.2. The van der Waals surface area contributed by atoms with Crippen LogP contribution >= 0.6 is 11.5 Å². The van der Waals surface area contributed by atoms with E-state index in [2.05, 4.69) is 19.3 Å². The maximum absolute atomic E-state index is 13.1. The van der Waals surface area contributed by atoms with Crippen LogP contribution in [-0.4, -0.2) is 51.6 Å². The minimum absolute atomic E-state index is 0.0326. The Morgan fingerprint density at radius 1 is 1.28 bits per heavy atom. The van der Waals surface area contributed by atoms with Gasteiger partial charge < -0.3 is 14.4 Å². The van der Waals surface area contributed by atoms with E-state index in [-0.39, 0.29) is 23.9 Å². The molecule has 3 aromatic rings. The van der Waals surface area contributed by atoms with Crippen LogP contribution in [0.5, 0.6) is 5.75 Å². The Bertz CT molecular complexity index is 1120. The maximum atomic E-state index is 13.1. The van der Waals surface area contributed by atoms with Crippen molar-refractivity contribution in [1.82, 2.24) is 19.3 Å². The first kappa shape index (κ1) is 22.1. The minimum Gasteiger partial charge on any atom is -0.484 e. The summed E-state index contributed by atoms with van der Waals surface area (Å²) in [7, 11) is 1.40. The molecule has 1 aliphatic heterocycles. The van der Waals surface area contributed by atoms with Gasteiger partial charge in [-0.05, 0) is 29.7 Å². The first-order valence-corrected chi connectivity index (χ1v) is 10.3. The topological polar surface area (TPSA) is 90.3 Å². The summed E-state index contributed by atoms with van der Waals surface area (Å²) in [6, 6.07) is 4.41. The van der Waals surface area contributed by atoms with Crippen LogP contribution in [0.1, 0.15) is 23.2 Å². The van der Waals surface area contributed by atoms with E-state index in [1.54, 1.807) is 18.3 Å². The molecule has 1 fully saturated rings. The SMILES string of the molecule is CC(=O)N(C)c1cc(C(F)(F)F)cnc1Cc1nc(-c2ccc(OC3COC3)cn2)ns1. The second-order valence-electron chi connectivity index (χ2n) is 7.11. The molecule has 0 aromatic carbocycles. The largest absolute Gasteiger partial charge is 0.484 e. The Kier molecular flexibility index (Phi) is 6.07. The number of aromatic nitrogens is 4. The van der Waals surface area contributed by atoms with E-state index < -0.39 is 17.6 Å². The molecule has 168 valence electrons. The van der Waals surface area contributed by atoms with E-state index in [0.717, 1.165) is 28.7 Å². The van der Waals surface area contributed by atoms with Gasteiger partial charge in [0.1, 0.15) is 22.6 Å². The Morgan fingerprint density at radius 3 is 2.66 bits per heavy atom. The molecule has 0 spiro atoms. The molecule has 1 amide bonds. The van der Waals surface area contributed by atoms with E-state index in [1.807, 2.05) is 0 Å². The third kappa shape index (κ3) is 4.86. The van der Waals surface area contributed by atoms with Gasteiger partial charge in [-0.3, -0.25) is 9.78 Å². The number of amides is 1. The smallest absolute Gasteiger partial charge is 0.417 e. The van der Waals surface area contributed by atoms with E-state index in [9.17, 15) is 18.0 Å². The van der Waals surface area contributed by atoms with E-state index in [0.29, 0.717) is 35.5 Å². The number of carbonyl (C=O) groups is 1. The fourth-order valence-electron chi connectivity index (χ4n) is 2.86. The van der Waals surface area contributed by atoms with Gasteiger partial charge in [0.15, 0.2) is 5.82 Å². The molecule has 32 heavy (non-hydrogen) atoms. The van der Waals surface area contributed by atoms with Crippen molar-refractivity contribution in [1.29, 1.82) is 0 Å². The van der Waals surface area contributed by atoms with Crippen LogP contribution in [-0.2, 0) is 22.1 Å². The van der Waals surface area contributed by atoms with Crippen molar-refractivity contribution in [3.8, 4) is 17.3 Å². The lowest BCUT2D eigenvalue weighted by molar-refractivity contribution is -0.137. The number of ether oxygens (including phenoxy) is 2. The molecule has 0 radical (unpaired) electrons. The lowest BCUT2D eigenvalue weighted by Crippen LogP contribution is -2.38. The number of carbonyl (C=O) groups excluding carboxylic acids is 1. The monoisotopic (exact) mass is 465 g/mol. The Labute approximate surface area is 185 Å². The van der Waals surface area contributed by atoms with E-state index in [1.165, 1.54) is 14.0 Å². The molecule has 1 aliphatic rings. The molecule has 0 bridgehead atoms. The third-order valence-corrected chi connectivity index (χ3v) is 5.48. The predicted molar refractivity (Wildman–Crippen MR) is 110 cm³/mol. The molecule has 1 saturated heterocycles. The summed E-state index contributed by atoms with van der Waals surface area (Å²) in [6.45, 7) is 2.37. The minimum atomic E-state index is -4.57. The van der Waals surface area contributed by atoms with Gasteiger partial charge in [0, 0.05) is 26.6 Å². The Balaban J connectivity index is 1.54. The lowest BCUT2D eigenvalue weighted by Gasteiger charge is -2.26. The fraction of sp³-hybridized carbons (Fsp3) is 0.350. The number of hydrogen-bond acceptors (Lipinski definition) is 8. The molecular weight excluding hydrogens is 447 g/mol. The molecule has 0 N–H and O–H groups in total. The molecule has 4 heterocycles. The summed E-state index contributed by atoms with van der Waals surface area (Å²) in [6.07, 6.45) is -2.09. The number of pyridine rings is 2. The van der Waals surface area contributed by atoms with Gasteiger partial charge in [0.05, 0.1) is 36.4 Å². The fourth-order valence-corrected chi connectivity index (χ4v) is 3.52. The van der Waals surface area contributed by atoms with Gasteiger partial charge in [-0.15, -0.1) is 0 Å². The lowest BCUT2D eigenvalue weighted by atomic mass is 10.1. The summed E-state index contributed by atoms with van der Waals surface area (Å²) >= 11 is 1.09. The van der Waals surface area contributed by atoms with Gasteiger partial charge in [-0.2, -0.15) is 17.5 Å². The maximum Gasteiger partial charge on any atom is 0.417 e. The molecular formula is C20H18F3N5O3S. The van der Waals surface area contributed by atoms with Crippen LogP contribution < -0.4 is 9.64 Å². The summed E-state index contributed by atoms with van der Waals surface area (Å²) in [5, 5.41) is 0.527. The molecule has 0 aliphatic carbocycles. The van der Waals surface area contributed by atoms with E-state index >= 15 is 0 Å². The molecule has 4 rings (SSSR count). The normalized spacial score (nSPS) is 14.2. The summed E-state index contributed by atoms with van der Waals surface area (Å²) < 4.78 is 54.4. The zero-order chi connectivity index (χ0) is 22.9. The van der Waals surface area contributed by atoms with Crippen molar-refractivity contribution in [2.75, 3.05) is 25.2 Å². The quantitative estimate of drug-likeness (QED) is 0.551. The number of alkyl halides is 3. The third-order valence-electron chi connectivity index (χ3n) is 4.77. The van der Waals surface area contributed by atoms with Gasteiger partial charge in [-0.1, -0.05) is 0 Å². The average molecular weight is 465 g/mol. The highest BCUT2D eigenvalue weighted by Gasteiger charge is 2.32. The Morgan fingerprint density at radius 2 is 2.06 bits per heavy atom. The highest BCUT2D eigenvalue weighted by Crippen LogP contribution is 2.33. The summed E-state index contributed by atoms with van der Waals surface area (Å²) in [5.74, 6) is 0.589. The van der Waals surface area contributed by atoms with Crippen molar-refractivity contribution in [2.24, 2.45) is 0 Å². The van der Waals surface area contributed by atoms with Gasteiger partial charge >= 0.3 is 6.18 Å². The standard InChI is InChI=1S/C20H18F3N5O3S/c1-11(29)28(2)17-5-12(20(21,22)23)7-24-16(17)6-18-26-19(27-32-18)15-4-3-13(8-25-15)31-14-9-30-10-14/h3-5,7-8,14H,6,9-10H2,1-2H3. The van der Waals surface area contributed by atoms with Crippen molar-refractivity contribution >= 4 is 23.1 Å². The number of rotatable bonds is 6. The second-order valence-corrected chi connectivity index (χ2v) is 7.95. The number of hydrogen-bond donors (Lipinski definition) is 0. The number of anilines is 1. The molecule has 0 atom stereocenters. The van der Waals surface area contributed by atoms with Crippen molar-refractivity contribution in [2.45, 2.75) is 25.6 Å². The van der Waals surface area contributed by atoms with Gasteiger partial charge in [-0.25, -0.2) is 9.97 Å². The van der Waals surface area contributed by atoms with Crippen LogP contribution in [0.4, 0.5) is 18.9 Å². The second kappa shape index (κ2) is 8.79. The molecule has 0 unspecified atom stereocenters. The van der Waals surface area contributed by atoms with Crippen LogP contribution in [0.15, 0.2) is 30.6 Å². The van der Waals surface area contributed by atoms with Crippen LogP contribution in [0.25, 0.3) is 11.5 Å². The van der Waals surface area contributed by atoms with Gasteiger partial charge in [0.25, 0.3) is 0 Å². The molecule has 12 heteroatoms.